The van der Waals surface area contributed by atoms with Crippen molar-refractivity contribution in [3.63, 3.8) is 0 Å². The van der Waals surface area contributed by atoms with E-state index < -0.39 is 0 Å². The van der Waals surface area contributed by atoms with Crippen LogP contribution in [0.4, 0.5) is 0 Å². The Balaban J connectivity index is 2.81. The van der Waals surface area contributed by atoms with E-state index in [9.17, 15) is 0 Å². The summed E-state index contributed by atoms with van der Waals surface area (Å²) < 4.78 is 6.23. The number of hydrogen-bond acceptors (Lipinski definition) is 3. The summed E-state index contributed by atoms with van der Waals surface area (Å²) in [4.78, 5) is 0. The van der Waals surface area contributed by atoms with Crippen LogP contribution in [0.1, 0.15) is 30.5 Å². The molecule has 1 rings (SSSR count). The quantitative estimate of drug-likeness (QED) is 0.627. The van der Waals surface area contributed by atoms with Gasteiger partial charge in [-0.3, -0.25) is 11.3 Å². The SMILES string of the molecule is COCCC(C)C(NN)c1ccc(C)c(Br)c1. The third kappa shape index (κ3) is 4.07. The van der Waals surface area contributed by atoms with Gasteiger partial charge in [-0.1, -0.05) is 35.0 Å². The van der Waals surface area contributed by atoms with E-state index in [1.807, 2.05) is 0 Å². The van der Waals surface area contributed by atoms with Crippen LogP contribution < -0.4 is 11.3 Å². The molecule has 0 amide bonds. The van der Waals surface area contributed by atoms with Gasteiger partial charge < -0.3 is 4.74 Å². The zero-order valence-corrected chi connectivity index (χ0v) is 12.3. The molecule has 0 fully saturated rings. The minimum absolute atomic E-state index is 0.155. The van der Waals surface area contributed by atoms with Crippen molar-refractivity contribution in [3.05, 3.63) is 33.8 Å². The summed E-state index contributed by atoms with van der Waals surface area (Å²) >= 11 is 3.55. The highest BCUT2D eigenvalue weighted by Crippen LogP contribution is 2.27. The van der Waals surface area contributed by atoms with Gasteiger partial charge in [0.25, 0.3) is 0 Å². The highest BCUT2D eigenvalue weighted by atomic mass is 79.9. The van der Waals surface area contributed by atoms with Crippen molar-refractivity contribution < 1.29 is 4.74 Å². The molecular weight excluding hydrogens is 280 g/mol. The van der Waals surface area contributed by atoms with Gasteiger partial charge in [-0.15, -0.1) is 0 Å². The molecule has 0 aliphatic rings. The molecule has 3 nitrogen and oxygen atoms in total. The van der Waals surface area contributed by atoms with Crippen LogP contribution in [0.5, 0.6) is 0 Å². The van der Waals surface area contributed by atoms with Crippen LogP contribution in [0.25, 0.3) is 0 Å². The second-order valence-corrected chi connectivity index (χ2v) is 5.27. The zero-order valence-electron chi connectivity index (χ0n) is 10.7. The summed E-state index contributed by atoms with van der Waals surface area (Å²) in [5.74, 6) is 6.08. The number of ether oxygens (including phenoxy) is 1. The first-order chi connectivity index (χ1) is 8.10. The van der Waals surface area contributed by atoms with E-state index in [1.54, 1.807) is 7.11 Å². The number of benzene rings is 1. The monoisotopic (exact) mass is 300 g/mol. The molecule has 0 aliphatic heterocycles. The van der Waals surface area contributed by atoms with Gasteiger partial charge in [0, 0.05) is 24.2 Å². The van der Waals surface area contributed by atoms with Crippen LogP contribution in [0.2, 0.25) is 0 Å². The van der Waals surface area contributed by atoms with Gasteiger partial charge in [0.15, 0.2) is 0 Å². The fraction of sp³-hybridized carbons (Fsp3) is 0.538. The fourth-order valence-corrected chi connectivity index (χ4v) is 2.26. The van der Waals surface area contributed by atoms with Crippen molar-refractivity contribution in [2.45, 2.75) is 26.3 Å². The summed E-state index contributed by atoms with van der Waals surface area (Å²) in [6.45, 7) is 5.01. The summed E-state index contributed by atoms with van der Waals surface area (Å²) in [7, 11) is 1.72. The molecule has 96 valence electrons. The highest BCUT2D eigenvalue weighted by Gasteiger charge is 2.18. The molecule has 0 bridgehead atoms. The Morgan fingerprint density at radius 3 is 2.71 bits per heavy atom. The predicted molar refractivity (Wildman–Crippen MR) is 74.6 cm³/mol. The normalized spacial score (nSPS) is 14.6. The topological polar surface area (TPSA) is 47.3 Å². The van der Waals surface area contributed by atoms with E-state index in [2.05, 4.69) is 53.4 Å². The average molecular weight is 301 g/mol. The van der Waals surface area contributed by atoms with Crippen LogP contribution in [-0.4, -0.2) is 13.7 Å². The maximum absolute atomic E-state index is 5.66. The van der Waals surface area contributed by atoms with E-state index in [0.717, 1.165) is 17.5 Å². The van der Waals surface area contributed by atoms with E-state index in [-0.39, 0.29) is 6.04 Å². The predicted octanol–water partition coefficient (Wildman–Crippen LogP) is 2.93. The molecule has 1 aromatic rings. The Kier molecular flexibility index (Phi) is 6.12. The first-order valence-electron chi connectivity index (χ1n) is 5.81. The molecule has 2 unspecified atom stereocenters. The number of nitrogens with two attached hydrogens (primary N) is 1. The third-order valence-electron chi connectivity index (χ3n) is 3.08. The lowest BCUT2D eigenvalue weighted by atomic mass is 9.92. The van der Waals surface area contributed by atoms with Crippen LogP contribution in [0.15, 0.2) is 22.7 Å². The van der Waals surface area contributed by atoms with E-state index in [0.29, 0.717) is 5.92 Å². The Morgan fingerprint density at radius 1 is 1.47 bits per heavy atom. The Hall–Kier alpha value is -0.420. The van der Waals surface area contributed by atoms with Crippen LogP contribution in [0.3, 0.4) is 0 Å². The molecule has 0 aliphatic carbocycles. The third-order valence-corrected chi connectivity index (χ3v) is 3.94. The lowest BCUT2D eigenvalue weighted by molar-refractivity contribution is 0.170. The fourth-order valence-electron chi connectivity index (χ4n) is 1.86. The highest BCUT2D eigenvalue weighted by molar-refractivity contribution is 9.10. The number of methoxy groups -OCH3 is 1. The van der Waals surface area contributed by atoms with Gasteiger partial charge in [-0.2, -0.15) is 0 Å². The molecule has 3 N–H and O–H groups in total. The van der Waals surface area contributed by atoms with E-state index >= 15 is 0 Å². The standard InChI is InChI=1S/C13H21BrN2O/c1-9-4-5-11(8-12(9)14)13(16-15)10(2)6-7-17-3/h4-5,8,10,13,16H,6-7,15H2,1-3H3. The van der Waals surface area contributed by atoms with Crippen molar-refractivity contribution in [1.29, 1.82) is 0 Å². The minimum atomic E-state index is 0.155. The first kappa shape index (κ1) is 14.6. The molecular formula is C13H21BrN2O. The number of halogens is 1. The number of aryl methyl sites for hydroxylation is 1. The van der Waals surface area contributed by atoms with E-state index in [4.69, 9.17) is 10.6 Å². The minimum Gasteiger partial charge on any atom is -0.385 e. The molecule has 4 heteroatoms. The molecule has 17 heavy (non-hydrogen) atoms. The molecule has 0 aromatic heterocycles. The van der Waals surface area contributed by atoms with Crippen molar-refractivity contribution in [2.75, 3.05) is 13.7 Å². The van der Waals surface area contributed by atoms with Gasteiger partial charge >= 0.3 is 0 Å². The molecule has 0 saturated carbocycles. The van der Waals surface area contributed by atoms with Crippen LogP contribution in [0, 0.1) is 12.8 Å². The van der Waals surface area contributed by atoms with Crippen LogP contribution >= 0.6 is 15.9 Å². The first-order valence-corrected chi connectivity index (χ1v) is 6.60. The van der Waals surface area contributed by atoms with Gasteiger partial charge in [0.05, 0.1) is 0 Å². The molecule has 1 aromatic carbocycles. The maximum Gasteiger partial charge on any atom is 0.0486 e. The van der Waals surface area contributed by atoms with Crippen molar-refractivity contribution in [1.82, 2.24) is 5.43 Å². The lowest BCUT2D eigenvalue weighted by Crippen LogP contribution is -2.33. The number of hydrogen-bond donors (Lipinski definition) is 2. The Labute approximate surface area is 112 Å². The molecule has 2 atom stereocenters. The van der Waals surface area contributed by atoms with Gasteiger partial charge in [-0.05, 0) is 36.5 Å². The second kappa shape index (κ2) is 7.11. The molecule has 0 radical (unpaired) electrons. The van der Waals surface area contributed by atoms with Gasteiger partial charge in [-0.25, -0.2) is 0 Å². The number of hydrazine groups is 1. The van der Waals surface area contributed by atoms with Crippen LogP contribution in [-0.2, 0) is 4.74 Å². The number of rotatable bonds is 6. The maximum atomic E-state index is 5.66. The second-order valence-electron chi connectivity index (χ2n) is 4.41. The lowest BCUT2D eigenvalue weighted by Gasteiger charge is -2.24. The van der Waals surface area contributed by atoms with Crippen molar-refractivity contribution in [2.24, 2.45) is 11.8 Å². The number of nitrogens with one attached hydrogen (secondary N) is 1. The molecule has 0 heterocycles. The smallest absolute Gasteiger partial charge is 0.0486 e. The Morgan fingerprint density at radius 2 is 2.18 bits per heavy atom. The molecule has 0 spiro atoms. The largest absolute Gasteiger partial charge is 0.385 e. The van der Waals surface area contributed by atoms with Crippen molar-refractivity contribution in [3.8, 4) is 0 Å². The Bertz CT molecular complexity index is 357. The molecule has 0 saturated heterocycles. The summed E-state index contributed by atoms with van der Waals surface area (Å²) in [6.07, 6.45) is 0.983. The zero-order chi connectivity index (χ0) is 12.8. The van der Waals surface area contributed by atoms with Gasteiger partial charge in [0.2, 0.25) is 0 Å². The van der Waals surface area contributed by atoms with Crippen molar-refractivity contribution >= 4 is 15.9 Å². The summed E-state index contributed by atoms with van der Waals surface area (Å²) in [5, 5.41) is 0. The average Bonchev–Trinajstić information content (AvgIpc) is 2.32. The van der Waals surface area contributed by atoms with E-state index in [1.165, 1.54) is 11.1 Å². The summed E-state index contributed by atoms with van der Waals surface area (Å²) in [6, 6.07) is 6.51. The summed E-state index contributed by atoms with van der Waals surface area (Å²) in [5.41, 5.74) is 5.33. The van der Waals surface area contributed by atoms with Gasteiger partial charge in [0.1, 0.15) is 0 Å².